The van der Waals surface area contributed by atoms with Gasteiger partial charge in [-0.3, -0.25) is 0 Å². The largest absolute Gasteiger partial charge is 0.573 e. The van der Waals surface area contributed by atoms with E-state index in [2.05, 4.69) is 32.5 Å². The lowest BCUT2D eigenvalue weighted by Gasteiger charge is -2.10. The molecule has 0 atom stereocenters. The Hall–Kier alpha value is -2.17. The molecule has 0 amide bonds. The Bertz CT molecular complexity index is 746. The molecule has 0 spiro atoms. The Morgan fingerprint density at radius 3 is 2.38 bits per heavy atom. The van der Waals surface area contributed by atoms with Crippen LogP contribution in [0.3, 0.4) is 0 Å². The van der Waals surface area contributed by atoms with Crippen molar-refractivity contribution in [3.05, 3.63) is 58.1 Å². The van der Waals surface area contributed by atoms with Crippen molar-refractivity contribution in [2.45, 2.75) is 6.36 Å². The average Bonchev–Trinajstić information content (AvgIpc) is 2.51. The molecule has 2 aromatic rings. The van der Waals surface area contributed by atoms with Crippen LogP contribution < -0.4 is 9.47 Å². The van der Waals surface area contributed by atoms with Crippen molar-refractivity contribution in [2.75, 3.05) is 13.2 Å². The summed E-state index contributed by atoms with van der Waals surface area (Å²) in [6.45, 7) is 0.0924. The molecule has 0 radical (unpaired) electrons. The van der Waals surface area contributed by atoms with Crippen LogP contribution in [0.25, 0.3) is 0 Å². The number of alkyl halides is 3. The Balaban J connectivity index is 2.21. The summed E-state index contributed by atoms with van der Waals surface area (Å²) in [5.74, 6) is 5.64. The van der Waals surface area contributed by atoms with Crippen LogP contribution in [-0.2, 0) is 0 Å². The summed E-state index contributed by atoms with van der Waals surface area (Å²) >= 11 is 3.10. The van der Waals surface area contributed by atoms with Gasteiger partial charge in [-0.15, -0.1) is 13.2 Å². The van der Waals surface area contributed by atoms with Gasteiger partial charge in [0.15, 0.2) is 0 Å². The summed E-state index contributed by atoms with van der Waals surface area (Å²) in [6, 6.07) is 10.9. The number of aliphatic hydroxyl groups excluding tert-OH is 1. The number of halogens is 4. The standard InChI is InChI=1S/C17H12BrF3O3/c18-14-6-5-13(16(11-14)24-17(19,20)21)4-1-12-2-7-15(8-3-12)23-10-9-22/h2-3,5-8,11,22H,9-10H2. The van der Waals surface area contributed by atoms with Crippen molar-refractivity contribution in [3.63, 3.8) is 0 Å². The van der Waals surface area contributed by atoms with Crippen LogP contribution in [0.4, 0.5) is 13.2 Å². The summed E-state index contributed by atoms with van der Waals surface area (Å²) in [5, 5.41) is 8.68. The smallest absolute Gasteiger partial charge is 0.491 e. The fourth-order valence-electron chi connectivity index (χ4n) is 1.75. The van der Waals surface area contributed by atoms with Gasteiger partial charge in [-0.1, -0.05) is 27.8 Å². The molecule has 0 saturated heterocycles. The van der Waals surface area contributed by atoms with Crippen LogP contribution in [0, 0.1) is 11.8 Å². The number of benzene rings is 2. The predicted octanol–water partition coefficient (Wildman–Crippen LogP) is 4.12. The Morgan fingerprint density at radius 1 is 1.04 bits per heavy atom. The minimum Gasteiger partial charge on any atom is -0.491 e. The van der Waals surface area contributed by atoms with E-state index in [4.69, 9.17) is 9.84 Å². The van der Waals surface area contributed by atoms with Crippen LogP contribution in [0.2, 0.25) is 0 Å². The second-order valence-electron chi connectivity index (χ2n) is 4.53. The van der Waals surface area contributed by atoms with E-state index >= 15 is 0 Å². The third-order valence-electron chi connectivity index (χ3n) is 2.73. The lowest BCUT2D eigenvalue weighted by Crippen LogP contribution is -2.17. The van der Waals surface area contributed by atoms with Crippen molar-refractivity contribution in [2.24, 2.45) is 0 Å². The van der Waals surface area contributed by atoms with Gasteiger partial charge >= 0.3 is 6.36 Å². The molecule has 0 bridgehead atoms. The van der Waals surface area contributed by atoms with Gasteiger partial charge in [-0.05, 0) is 42.5 Å². The normalized spacial score (nSPS) is 10.7. The van der Waals surface area contributed by atoms with Crippen LogP contribution in [0.5, 0.6) is 11.5 Å². The van der Waals surface area contributed by atoms with Crippen molar-refractivity contribution >= 4 is 15.9 Å². The van der Waals surface area contributed by atoms with Gasteiger partial charge in [0.1, 0.15) is 18.1 Å². The van der Waals surface area contributed by atoms with E-state index in [1.165, 1.54) is 12.1 Å². The highest BCUT2D eigenvalue weighted by molar-refractivity contribution is 9.10. The van der Waals surface area contributed by atoms with E-state index in [0.717, 1.165) is 0 Å². The zero-order chi connectivity index (χ0) is 17.6. The maximum absolute atomic E-state index is 12.4. The molecule has 0 aliphatic rings. The first kappa shape index (κ1) is 18.2. The summed E-state index contributed by atoms with van der Waals surface area (Å²) in [6.07, 6.45) is -4.79. The number of ether oxygens (including phenoxy) is 2. The number of rotatable bonds is 4. The number of hydrogen-bond acceptors (Lipinski definition) is 3. The molecule has 3 nitrogen and oxygen atoms in total. The molecular weight excluding hydrogens is 389 g/mol. The van der Waals surface area contributed by atoms with E-state index in [1.54, 1.807) is 30.3 Å². The van der Waals surface area contributed by atoms with E-state index in [9.17, 15) is 13.2 Å². The van der Waals surface area contributed by atoms with Gasteiger partial charge in [0.2, 0.25) is 0 Å². The van der Waals surface area contributed by atoms with Crippen molar-refractivity contribution < 1.29 is 27.8 Å². The maximum Gasteiger partial charge on any atom is 0.573 e. The minimum absolute atomic E-state index is 0.0902. The fourth-order valence-corrected chi connectivity index (χ4v) is 2.09. The van der Waals surface area contributed by atoms with Crippen LogP contribution in [-0.4, -0.2) is 24.7 Å². The van der Waals surface area contributed by atoms with E-state index < -0.39 is 6.36 Å². The topological polar surface area (TPSA) is 38.7 Å². The molecular formula is C17H12BrF3O3. The molecule has 0 fully saturated rings. The number of hydrogen-bond donors (Lipinski definition) is 1. The highest BCUT2D eigenvalue weighted by Crippen LogP contribution is 2.29. The molecule has 24 heavy (non-hydrogen) atoms. The first-order valence-corrected chi connectivity index (χ1v) is 7.58. The zero-order valence-corrected chi connectivity index (χ0v) is 13.8. The molecule has 0 unspecified atom stereocenters. The Labute approximate surface area is 145 Å². The van der Waals surface area contributed by atoms with Crippen molar-refractivity contribution in [3.8, 4) is 23.3 Å². The quantitative estimate of drug-likeness (QED) is 0.784. The predicted molar refractivity (Wildman–Crippen MR) is 85.8 cm³/mol. The van der Waals surface area contributed by atoms with Crippen LogP contribution in [0.15, 0.2) is 46.9 Å². The summed E-state index contributed by atoms with van der Waals surface area (Å²) in [4.78, 5) is 0. The molecule has 0 aliphatic heterocycles. The lowest BCUT2D eigenvalue weighted by atomic mass is 10.1. The Morgan fingerprint density at radius 2 is 1.75 bits per heavy atom. The molecule has 7 heteroatoms. The monoisotopic (exact) mass is 400 g/mol. The molecule has 0 heterocycles. The summed E-state index contributed by atoms with van der Waals surface area (Å²) < 4.78 is 47.0. The molecule has 2 aromatic carbocycles. The second-order valence-corrected chi connectivity index (χ2v) is 5.45. The molecule has 0 aliphatic carbocycles. The molecule has 126 valence electrons. The fraction of sp³-hybridized carbons (Fsp3) is 0.176. The zero-order valence-electron chi connectivity index (χ0n) is 12.2. The van der Waals surface area contributed by atoms with Crippen molar-refractivity contribution in [1.82, 2.24) is 0 Å². The van der Waals surface area contributed by atoms with Gasteiger partial charge in [0.25, 0.3) is 0 Å². The van der Waals surface area contributed by atoms with E-state index in [1.807, 2.05) is 0 Å². The third-order valence-corrected chi connectivity index (χ3v) is 3.22. The lowest BCUT2D eigenvalue weighted by molar-refractivity contribution is -0.274. The van der Waals surface area contributed by atoms with Crippen molar-refractivity contribution in [1.29, 1.82) is 0 Å². The van der Waals surface area contributed by atoms with Gasteiger partial charge < -0.3 is 14.6 Å². The first-order valence-electron chi connectivity index (χ1n) is 6.78. The third kappa shape index (κ3) is 5.80. The van der Waals surface area contributed by atoms with Crippen LogP contribution in [0.1, 0.15) is 11.1 Å². The molecule has 2 rings (SSSR count). The van der Waals surface area contributed by atoms with E-state index in [-0.39, 0.29) is 24.5 Å². The molecule has 0 saturated carbocycles. The average molecular weight is 401 g/mol. The number of aliphatic hydroxyl groups is 1. The van der Waals surface area contributed by atoms with Crippen LogP contribution >= 0.6 is 15.9 Å². The van der Waals surface area contributed by atoms with Gasteiger partial charge in [-0.2, -0.15) is 0 Å². The van der Waals surface area contributed by atoms with Gasteiger partial charge in [-0.25, -0.2) is 0 Å². The highest BCUT2D eigenvalue weighted by Gasteiger charge is 2.32. The maximum atomic E-state index is 12.4. The SMILES string of the molecule is OCCOc1ccc(C#Cc2ccc(Br)cc2OC(F)(F)F)cc1. The molecule has 0 aromatic heterocycles. The first-order chi connectivity index (χ1) is 11.4. The van der Waals surface area contributed by atoms with E-state index in [0.29, 0.717) is 15.8 Å². The summed E-state index contributed by atoms with van der Waals surface area (Å²) in [5.41, 5.74) is 0.725. The minimum atomic E-state index is -4.79. The summed E-state index contributed by atoms with van der Waals surface area (Å²) in [7, 11) is 0. The highest BCUT2D eigenvalue weighted by atomic mass is 79.9. The molecule has 1 N–H and O–H groups in total. The van der Waals surface area contributed by atoms with Gasteiger partial charge in [0, 0.05) is 10.0 Å². The van der Waals surface area contributed by atoms with Gasteiger partial charge in [0.05, 0.1) is 12.2 Å². The Kier molecular flexibility index (Phi) is 6.12. The second kappa shape index (κ2) is 8.08.